The number of nitrogens with zero attached hydrogens (tertiary/aromatic N) is 1. The molecular formula is C21H29BrN2O4S. The van der Waals surface area contributed by atoms with Gasteiger partial charge >= 0.3 is 0 Å². The lowest BCUT2D eigenvalue weighted by Gasteiger charge is -2.20. The predicted octanol–water partition coefficient (Wildman–Crippen LogP) is 3.75. The first-order valence-electron chi connectivity index (χ1n) is 10.5. The summed E-state index contributed by atoms with van der Waals surface area (Å²) in [5, 5.41) is 3.01. The Morgan fingerprint density at radius 2 is 1.86 bits per heavy atom. The highest BCUT2D eigenvalue weighted by molar-refractivity contribution is 9.10. The van der Waals surface area contributed by atoms with Gasteiger partial charge in [-0.05, 0) is 37.0 Å². The molecule has 1 heterocycles. The second-order valence-electron chi connectivity index (χ2n) is 7.89. The number of rotatable bonds is 6. The number of fused-ring (bicyclic) bond motifs is 1. The molecule has 0 saturated heterocycles. The second-order valence-corrected chi connectivity index (χ2v) is 10.9. The summed E-state index contributed by atoms with van der Waals surface area (Å²) in [4.78, 5) is 26.4. The van der Waals surface area contributed by atoms with Gasteiger partial charge in [-0.2, -0.15) is 0 Å². The number of sulfone groups is 1. The third-order valence-electron chi connectivity index (χ3n) is 5.75. The maximum atomic E-state index is 13.1. The SMILES string of the molecule is CCC(=O)N1CCc2cc(Br)cc(S(=O)(=O)CCC(=O)NC3CCCCCC3)c21. The van der Waals surface area contributed by atoms with Crippen LogP contribution in [-0.4, -0.2) is 38.6 Å². The Bertz CT molecular complexity index is 877. The Hall–Kier alpha value is -1.41. The summed E-state index contributed by atoms with van der Waals surface area (Å²) >= 11 is 3.39. The Morgan fingerprint density at radius 1 is 1.17 bits per heavy atom. The molecule has 2 aliphatic rings. The Labute approximate surface area is 181 Å². The second kappa shape index (κ2) is 9.60. The van der Waals surface area contributed by atoms with Gasteiger partial charge in [0, 0.05) is 29.9 Å². The van der Waals surface area contributed by atoms with Gasteiger partial charge in [0.25, 0.3) is 0 Å². The van der Waals surface area contributed by atoms with Crippen molar-refractivity contribution in [2.45, 2.75) is 75.6 Å². The Morgan fingerprint density at radius 3 is 2.52 bits per heavy atom. The number of carbonyl (C=O) groups is 2. The monoisotopic (exact) mass is 484 g/mol. The van der Waals surface area contributed by atoms with Gasteiger partial charge in [-0.3, -0.25) is 9.59 Å². The van der Waals surface area contributed by atoms with Crippen LogP contribution < -0.4 is 10.2 Å². The largest absolute Gasteiger partial charge is 0.353 e. The zero-order valence-corrected chi connectivity index (χ0v) is 19.3. The van der Waals surface area contributed by atoms with Crippen LogP contribution in [0.4, 0.5) is 5.69 Å². The summed E-state index contributed by atoms with van der Waals surface area (Å²) in [6.07, 6.45) is 7.41. The maximum Gasteiger partial charge on any atom is 0.226 e. The number of amides is 2. The fourth-order valence-corrected chi connectivity index (χ4v) is 6.38. The molecule has 0 spiro atoms. The fraction of sp³-hybridized carbons (Fsp3) is 0.619. The Balaban J connectivity index is 1.74. The van der Waals surface area contributed by atoms with Crippen molar-refractivity contribution in [1.29, 1.82) is 0 Å². The first kappa shape index (κ1) is 22.3. The average molecular weight is 485 g/mol. The van der Waals surface area contributed by atoms with E-state index in [0.29, 0.717) is 29.5 Å². The molecule has 0 radical (unpaired) electrons. The van der Waals surface area contributed by atoms with Gasteiger partial charge in [-0.15, -0.1) is 0 Å². The summed E-state index contributed by atoms with van der Waals surface area (Å²) in [7, 11) is -3.71. The van der Waals surface area contributed by atoms with Gasteiger partial charge in [-0.1, -0.05) is 48.5 Å². The topological polar surface area (TPSA) is 83.6 Å². The highest BCUT2D eigenvalue weighted by atomic mass is 79.9. The summed E-state index contributed by atoms with van der Waals surface area (Å²) in [6, 6.07) is 3.58. The quantitative estimate of drug-likeness (QED) is 0.623. The van der Waals surface area contributed by atoms with Crippen LogP contribution >= 0.6 is 15.9 Å². The number of hydrogen-bond acceptors (Lipinski definition) is 4. The summed E-state index contributed by atoms with van der Waals surface area (Å²) in [5.41, 5.74) is 1.34. The van der Waals surface area contributed by atoms with Crippen LogP contribution in [0.3, 0.4) is 0 Å². The molecule has 3 rings (SSSR count). The van der Waals surface area contributed by atoms with Crippen molar-refractivity contribution < 1.29 is 18.0 Å². The molecule has 0 atom stereocenters. The van der Waals surface area contributed by atoms with Gasteiger partial charge in [0.1, 0.15) is 0 Å². The van der Waals surface area contributed by atoms with Crippen LogP contribution in [0.15, 0.2) is 21.5 Å². The van der Waals surface area contributed by atoms with Crippen molar-refractivity contribution in [3.05, 3.63) is 22.2 Å². The summed E-state index contributed by atoms with van der Waals surface area (Å²) < 4.78 is 26.9. The minimum atomic E-state index is -3.71. The zero-order valence-electron chi connectivity index (χ0n) is 16.9. The summed E-state index contributed by atoms with van der Waals surface area (Å²) in [5.74, 6) is -0.565. The van der Waals surface area contributed by atoms with E-state index in [1.165, 1.54) is 12.8 Å². The van der Waals surface area contributed by atoms with E-state index in [0.717, 1.165) is 31.2 Å². The molecule has 1 aliphatic carbocycles. The van der Waals surface area contributed by atoms with Crippen molar-refractivity contribution in [1.82, 2.24) is 5.32 Å². The predicted molar refractivity (Wildman–Crippen MR) is 117 cm³/mol. The van der Waals surface area contributed by atoms with Crippen LogP contribution in [0.5, 0.6) is 0 Å². The van der Waals surface area contributed by atoms with Crippen molar-refractivity contribution >= 4 is 43.3 Å². The first-order chi connectivity index (χ1) is 13.8. The average Bonchev–Trinajstić information content (AvgIpc) is 2.93. The van der Waals surface area contributed by atoms with Crippen molar-refractivity contribution in [3.8, 4) is 0 Å². The van der Waals surface area contributed by atoms with E-state index >= 15 is 0 Å². The molecule has 1 aromatic carbocycles. The smallest absolute Gasteiger partial charge is 0.226 e. The standard InChI is InChI=1S/C21H29BrN2O4S/c1-2-20(26)24-11-9-15-13-16(22)14-18(21(15)24)29(27,28)12-10-19(25)23-17-7-5-3-4-6-8-17/h13-14,17H,2-12H2,1H3,(H,23,25). The number of nitrogens with one attached hydrogen (secondary N) is 1. The minimum absolute atomic E-state index is 0.0676. The van der Waals surface area contributed by atoms with Crippen molar-refractivity contribution in [3.63, 3.8) is 0 Å². The number of anilines is 1. The lowest BCUT2D eigenvalue weighted by atomic mass is 10.1. The lowest BCUT2D eigenvalue weighted by molar-refractivity contribution is -0.121. The molecule has 8 heteroatoms. The molecular weight excluding hydrogens is 456 g/mol. The van der Waals surface area contributed by atoms with Gasteiger partial charge in [0.2, 0.25) is 11.8 Å². The minimum Gasteiger partial charge on any atom is -0.353 e. The highest BCUT2D eigenvalue weighted by Crippen LogP contribution is 2.38. The van der Waals surface area contributed by atoms with Gasteiger partial charge < -0.3 is 10.2 Å². The molecule has 1 aliphatic heterocycles. The first-order valence-corrected chi connectivity index (χ1v) is 12.9. The van der Waals surface area contributed by atoms with E-state index in [4.69, 9.17) is 0 Å². The molecule has 1 fully saturated rings. The van der Waals surface area contributed by atoms with E-state index < -0.39 is 9.84 Å². The van der Waals surface area contributed by atoms with E-state index in [2.05, 4.69) is 21.2 Å². The van der Waals surface area contributed by atoms with E-state index in [9.17, 15) is 18.0 Å². The van der Waals surface area contributed by atoms with Crippen LogP contribution in [0.25, 0.3) is 0 Å². The fourth-order valence-electron chi connectivity index (χ4n) is 4.21. The number of halogens is 1. The zero-order chi connectivity index (χ0) is 21.0. The van der Waals surface area contributed by atoms with E-state index in [-0.39, 0.29) is 34.9 Å². The third kappa shape index (κ3) is 5.40. The molecule has 6 nitrogen and oxygen atoms in total. The molecule has 0 aromatic heterocycles. The molecule has 1 aromatic rings. The number of carbonyl (C=O) groups excluding carboxylic acids is 2. The number of hydrogen-bond donors (Lipinski definition) is 1. The van der Waals surface area contributed by atoms with Crippen LogP contribution in [-0.2, 0) is 25.8 Å². The van der Waals surface area contributed by atoms with E-state index in [1.807, 2.05) is 6.07 Å². The van der Waals surface area contributed by atoms with Crippen LogP contribution in [0.1, 0.15) is 63.9 Å². The normalized spacial score (nSPS) is 17.7. The van der Waals surface area contributed by atoms with Gasteiger partial charge in [0.05, 0.1) is 16.3 Å². The third-order valence-corrected chi connectivity index (χ3v) is 7.93. The lowest BCUT2D eigenvalue weighted by Crippen LogP contribution is -2.35. The van der Waals surface area contributed by atoms with Crippen LogP contribution in [0.2, 0.25) is 0 Å². The molecule has 1 saturated carbocycles. The molecule has 0 unspecified atom stereocenters. The Kier molecular flexibility index (Phi) is 7.37. The molecule has 2 amide bonds. The summed E-state index contributed by atoms with van der Waals surface area (Å²) in [6.45, 7) is 2.26. The maximum absolute atomic E-state index is 13.1. The van der Waals surface area contributed by atoms with E-state index in [1.54, 1.807) is 17.9 Å². The molecule has 29 heavy (non-hydrogen) atoms. The number of benzene rings is 1. The van der Waals surface area contributed by atoms with Crippen molar-refractivity contribution in [2.75, 3.05) is 17.2 Å². The van der Waals surface area contributed by atoms with Gasteiger partial charge in [-0.25, -0.2) is 8.42 Å². The van der Waals surface area contributed by atoms with Crippen LogP contribution in [0, 0.1) is 0 Å². The highest BCUT2D eigenvalue weighted by Gasteiger charge is 2.32. The molecule has 1 N–H and O–H groups in total. The molecule has 0 bridgehead atoms. The molecule has 160 valence electrons. The van der Waals surface area contributed by atoms with Gasteiger partial charge in [0.15, 0.2) is 9.84 Å². The van der Waals surface area contributed by atoms with Crippen molar-refractivity contribution in [2.24, 2.45) is 0 Å².